The Kier molecular flexibility index (Phi) is 4.24. The van der Waals surface area contributed by atoms with E-state index in [-0.39, 0.29) is 16.5 Å². The first kappa shape index (κ1) is 13.4. The number of rotatable bonds is 3. The van der Waals surface area contributed by atoms with E-state index in [1.807, 2.05) is 13.8 Å². The number of para-hydroxylation sites is 1. The summed E-state index contributed by atoms with van der Waals surface area (Å²) in [5.74, 6) is -0.188. The van der Waals surface area contributed by atoms with Crippen molar-refractivity contribution in [3.63, 3.8) is 0 Å². The molecule has 0 radical (unpaired) electrons. The molecule has 0 amide bonds. The molecule has 0 aliphatic carbocycles. The molecule has 0 heterocycles. The molecular formula is C11H12BrF3O. The van der Waals surface area contributed by atoms with E-state index in [0.29, 0.717) is 5.56 Å². The average molecular weight is 297 g/mol. The van der Waals surface area contributed by atoms with Gasteiger partial charge in [-0.2, -0.15) is 0 Å². The van der Waals surface area contributed by atoms with Gasteiger partial charge in [-0.3, -0.25) is 0 Å². The molecule has 16 heavy (non-hydrogen) atoms. The van der Waals surface area contributed by atoms with Gasteiger partial charge in [0.15, 0.2) is 0 Å². The Labute approximate surface area is 101 Å². The van der Waals surface area contributed by atoms with Gasteiger partial charge < -0.3 is 4.74 Å². The minimum atomic E-state index is -4.65. The highest BCUT2D eigenvalue weighted by Crippen LogP contribution is 2.34. The first-order valence-corrected chi connectivity index (χ1v) is 5.71. The Bertz CT molecular complexity index is 349. The van der Waals surface area contributed by atoms with Crippen LogP contribution in [0.3, 0.4) is 0 Å². The zero-order valence-electron chi connectivity index (χ0n) is 8.88. The molecule has 0 aliphatic rings. The van der Waals surface area contributed by atoms with Crippen LogP contribution in [-0.4, -0.2) is 11.2 Å². The lowest BCUT2D eigenvalue weighted by Gasteiger charge is -2.19. The van der Waals surface area contributed by atoms with Crippen LogP contribution in [0.1, 0.15) is 25.3 Å². The SMILES string of the molecule is CC(Br)C(C)c1ccccc1OC(F)(F)F. The lowest BCUT2D eigenvalue weighted by atomic mass is 9.98. The smallest absolute Gasteiger partial charge is 0.405 e. The maximum absolute atomic E-state index is 12.2. The van der Waals surface area contributed by atoms with Crippen LogP contribution in [0.25, 0.3) is 0 Å². The first-order valence-electron chi connectivity index (χ1n) is 4.80. The van der Waals surface area contributed by atoms with Crippen LogP contribution in [0.5, 0.6) is 5.75 Å². The van der Waals surface area contributed by atoms with Crippen LogP contribution in [0.4, 0.5) is 13.2 Å². The fourth-order valence-electron chi connectivity index (χ4n) is 1.32. The van der Waals surface area contributed by atoms with E-state index < -0.39 is 6.36 Å². The molecule has 0 saturated carbocycles. The first-order chi connectivity index (χ1) is 7.31. The number of benzene rings is 1. The largest absolute Gasteiger partial charge is 0.573 e. The summed E-state index contributed by atoms with van der Waals surface area (Å²) in [7, 11) is 0. The van der Waals surface area contributed by atoms with Crippen LogP contribution in [-0.2, 0) is 0 Å². The number of halogens is 4. The minimum Gasteiger partial charge on any atom is -0.405 e. The van der Waals surface area contributed by atoms with E-state index in [2.05, 4.69) is 20.7 Å². The lowest BCUT2D eigenvalue weighted by Crippen LogP contribution is -2.19. The third-order valence-electron chi connectivity index (χ3n) is 2.32. The average Bonchev–Trinajstić information content (AvgIpc) is 2.15. The highest BCUT2D eigenvalue weighted by Gasteiger charge is 2.32. The third kappa shape index (κ3) is 3.70. The van der Waals surface area contributed by atoms with Crippen molar-refractivity contribution in [3.05, 3.63) is 29.8 Å². The summed E-state index contributed by atoms with van der Waals surface area (Å²) in [6.07, 6.45) is -4.65. The highest BCUT2D eigenvalue weighted by atomic mass is 79.9. The maximum atomic E-state index is 12.2. The summed E-state index contributed by atoms with van der Waals surface area (Å²) in [4.78, 5) is 0.0745. The van der Waals surface area contributed by atoms with Crippen molar-refractivity contribution < 1.29 is 17.9 Å². The summed E-state index contributed by atoms with van der Waals surface area (Å²) < 4.78 is 40.4. The normalized spacial score (nSPS) is 15.6. The second kappa shape index (κ2) is 5.08. The van der Waals surface area contributed by atoms with Gasteiger partial charge in [0.1, 0.15) is 5.75 Å². The molecule has 1 aromatic rings. The summed E-state index contributed by atoms with van der Waals surface area (Å²) in [5, 5.41) is 0. The topological polar surface area (TPSA) is 9.23 Å². The zero-order chi connectivity index (χ0) is 12.3. The molecule has 0 aliphatic heterocycles. The van der Waals surface area contributed by atoms with Gasteiger partial charge in [-0.15, -0.1) is 13.2 Å². The Morgan fingerprint density at radius 3 is 2.25 bits per heavy atom. The van der Waals surface area contributed by atoms with Crippen molar-refractivity contribution in [2.24, 2.45) is 0 Å². The van der Waals surface area contributed by atoms with Crippen molar-refractivity contribution in [2.45, 2.75) is 31.0 Å². The molecule has 2 atom stereocenters. The molecule has 0 N–H and O–H groups in total. The molecule has 1 rings (SSSR count). The quantitative estimate of drug-likeness (QED) is 0.748. The number of alkyl halides is 4. The molecule has 0 aromatic heterocycles. The Morgan fingerprint density at radius 2 is 1.75 bits per heavy atom. The fourth-order valence-corrected chi connectivity index (χ4v) is 1.61. The van der Waals surface area contributed by atoms with Gasteiger partial charge in [-0.05, 0) is 17.5 Å². The fraction of sp³-hybridized carbons (Fsp3) is 0.455. The van der Waals surface area contributed by atoms with Gasteiger partial charge in [0, 0.05) is 4.83 Å². The van der Waals surface area contributed by atoms with Crippen LogP contribution in [0.15, 0.2) is 24.3 Å². The molecule has 90 valence electrons. The number of ether oxygens (including phenoxy) is 1. The monoisotopic (exact) mass is 296 g/mol. The van der Waals surface area contributed by atoms with Gasteiger partial charge in [0.25, 0.3) is 0 Å². The van der Waals surface area contributed by atoms with E-state index >= 15 is 0 Å². The molecule has 0 saturated heterocycles. The molecular weight excluding hydrogens is 285 g/mol. The third-order valence-corrected chi connectivity index (χ3v) is 3.12. The van der Waals surface area contributed by atoms with Crippen molar-refractivity contribution in [1.29, 1.82) is 0 Å². The summed E-state index contributed by atoms with van der Waals surface area (Å²) in [5.41, 5.74) is 0.546. The van der Waals surface area contributed by atoms with E-state index in [4.69, 9.17) is 0 Å². The van der Waals surface area contributed by atoms with Gasteiger partial charge in [-0.25, -0.2) is 0 Å². The van der Waals surface area contributed by atoms with Crippen LogP contribution in [0.2, 0.25) is 0 Å². The standard InChI is InChI=1S/C11H12BrF3O/c1-7(8(2)12)9-5-3-4-6-10(9)16-11(13,14)15/h3-8H,1-2H3. The molecule has 2 unspecified atom stereocenters. The molecule has 1 nitrogen and oxygen atoms in total. The molecule has 5 heteroatoms. The number of hydrogen-bond donors (Lipinski definition) is 0. The summed E-state index contributed by atoms with van der Waals surface area (Å²) >= 11 is 3.35. The zero-order valence-corrected chi connectivity index (χ0v) is 10.5. The predicted molar refractivity (Wildman–Crippen MR) is 59.9 cm³/mol. The van der Waals surface area contributed by atoms with Gasteiger partial charge >= 0.3 is 6.36 Å². The van der Waals surface area contributed by atoms with E-state index in [1.54, 1.807) is 12.1 Å². The minimum absolute atomic E-state index is 0.0569. The maximum Gasteiger partial charge on any atom is 0.573 e. The van der Waals surface area contributed by atoms with Crippen molar-refractivity contribution in [3.8, 4) is 5.75 Å². The predicted octanol–water partition coefficient (Wildman–Crippen LogP) is 4.47. The second-order valence-corrected chi connectivity index (χ2v) is 5.00. The van der Waals surface area contributed by atoms with Gasteiger partial charge in [0.2, 0.25) is 0 Å². The van der Waals surface area contributed by atoms with Gasteiger partial charge in [0.05, 0.1) is 0 Å². The second-order valence-electron chi connectivity index (χ2n) is 3.55. The molecule has 0 spiro atoms. The Balaban J connectivity index is 3.01. The molecule has 0 bridgehead atoms. The van der Waals surface area contributed by atoms with E-state index in [1.165, 1.54) is 12.1 Å². The van der Waals surface area contributed by atoms with Crippen molar-refractivity contribution in [2.75, 3.05) is 0 Å². The Morgan fingerprint density at radius 1 is 1.19 bits per heavy atom. The molecule has 1 aromatic carbocycles. The highest BCUT2D eigenvalue weighted by molar-refractivity contribution is 9.09. The van der Waals surface area contributed by atoms with Crippen LogP contribution in [0, 0.1) is 0 Å². The van der Waals surface area contributed by atoms with Crippen LogP contribution >= 0.6 is 15.9 Å². The number of hydrogen-bond acceptors (Lipinski definition) is 1. The summed E-state index contributed by atoms with van der Waals surface area (Å²) in [6, 6.07) is 6.19. The summed E-state index contributed by atoms with van der Waals surface area (Å²) in [6.45, 7) is 3.73. The van der Waals surface area contributed by atoms with Crippen LogP contribution < -0.4 is 4.74 Å². The van der Waals surface area contributed by atoms with E-state index in [9.17, 15) is 13.2 Å². The van der Waals surface area contributed by atoms with Crippen molar-refractivity contribution >= 4 is 15.9 Å². The lowest BCUT2D eigenvalue weighted by molar-refractivity contribution is -0.274. The molecule has 0 fully saturated rings. The van der Waals surface area contributed by atoms with E-state index in [0.717, 1.165) is 0 Å². The van der Waals surface area contributed by atoms with Crippen molar-refractivity contribution in [1.82, 2.24) is 0 Å². The Hall–Kier alpha value is -0.710. The van der Waals surface area contributed by atoms with Gasteiger partial charge in [-0.1, -0.05) is 48.0 Å².